The third kappa shape index (κ3) is 4.69. The van der Waals surface area contributed by atoms with Crippen LogP contribution >= 0.6 is 22.9 Å². The molecule has 0 radical (unpaired) electrons. The van der Waals surface area contributed by atoms with Crippen molar-refractivity contribution < 1.29 is 22.7 Å². The minimum Gasteiger partial charge on any atom is -0.462 e. The maximum absolute atomic E-state index is 12.5. The standard InChI is InChI=1S/C18H18ClNO5S2/c1-2-25-18(22)16-14(20-17(21)12-7-8-27(23,24)10-12)9-15(26-16)11-3-5-13(19)6-4-11/h3-6,9,12H,2,7-8,10H2,1H3,(H,20,21). The van der Waals surface area contributed by atoms with E-state index in [1.54, 1.807) is 25.1 Å². The number of benzene rings is 1. The van der Waals surface area contributed by atoms with Crippen molar-refractivity contribution in [3.63, 3.8) is 0 Å². The number of carbonyl (C=O) groups is 2. The Morgan fingerprint density at radius 2 is 2.00 bits per heavy atom. The lowest BCUT2D eigenvalue weighted by molar-refractivity contribution is -0.119. The van der Waals surface area contributed by atoms with E-state index in [2.05, 4.69) is 5.32 Å². The Morgan fingerprint density at radius 1 is 1.30 bits per heavy atom. The van der Waals surface area contributed by atoms with E-state index in [1.165, 1.54) is 11.3 Å². The molecule has 1 aliphatic rings. The average molecular weight is 428 g/mol. The Labute approximate surface area is 166 Å². The van der Waals surface area contributed by atoms with Crippen LogP contribution in [0.2, 0.25) is 5.02 Å². The van der Waals surface area contributed by atoms with Crippen molar-refractivity contribution in [3.05, 3.63) is 40.2 Å². The zero-order chi connectivity index (χ0) is 19.6. The van der Waals surface area contributed by atoms with E-state index < -0.39 is 27.6 Å². The van der Waals surface area contributed by atoms with E-state index in [4.69, 9.17) is 16.3 Å². The summed E-state index contributed by atoms with van der Waals surface area (Å²) < 4.78 is 28.3. The predicted molar refractivity (Wildman–Crippen MR) is 106 cm³/mol. The minimum atomic E-state index is -3.17. The number of rotatable bonds is 5. The van der Waals surface area contributed by atoms with Crippen LogP contribution < -0.4 is 5.32 Å². The summed E-state index contributed by atoms with van der Waals surface area (Å²) >= 11 is 7.12. The normalized spacial score (nSPS) is 18.2. The second-order valence-corrected chi connectivity index (χ2v) is 9.89. The van der Waals surface area contributed by atoms with Crippen molar-refractivity contribution in [2.75, 3.05) is 23.4 Å². The zero-order valence-electron chi connectivity index (χ0n) is 14.5. The first-order valence-corrected chi connectivity index (χ1v) is 11.4. The van der Waals surface area contributed by atoms with Gasteiger partial charge in [0.2, 0.25) is 5.91 Å². The van der Waals surface area contributed by atoms with E-state index in [-0.39, 0.29) is 29.4 Å². The van der Waals surface area contributed by atoms with Crippen molar-refractivity contribution in [2.24, 2.45) is 5.92 Å². The monoisotopic (exact) mass is 427 g/mol. The van der Waals surface area contributed by atoms with Crippen molar-refractivity contribution in [3.8, 4) is 10.4 Å². The molecule has 0 bridgehead atoms. The number of anilines is 1. The molecule has 3 rings (SSSR count). The van der Waals surface area contributed by atoms with Crippen molar-refractivity contribution in [2.45, 2.75) is 13.3 Å². The minimum absolute atomic E-state index is 0.00941. The first kappa shape index (κ1) is 19.9. The number of halogens is 1. The fourth-order valence-electron chi connectivity index (χ4n) is 2.83. The molecule has 2 heterocycles. The molecule has 1 N–H and O–H groups in total. The highest BCUT2D eigenvalue weighted by Gasteiger charge is 2.33. The molecule has 27 heavy (non-hydrogen) atoms. The van der Waals surface area contributed by atoms with Crippen molar-refractivity contribution >= 4 is 50.3 Å². The molecule has 2 aromatic rings. The fourth-order valence-corrected chi connectivity index (χ4v) is 5.71. The summed E-state index contributed by atoms with van der Waals surface area (Å²) in [6.07, 6.45) is 0.289. The third-order valence-corrected chi connectivity index (χ3v) is 7.37. The number of thiophene rings is 1. The SMILES string of the molecule is CCOC(=O)c1sc(-c2ccc(Cl)cc2)cc1NC(=O)C1CCS(=O)(=O)C1. The second kappa shape index (κ2) is 8.00. The highest BCUT2D eigenvalue weighted by atomic mass is 35.5. The fraction of sp³-hybridized carbons (Fsp3) is 0.333. The number of hydrogen-bond donors (Lipinski definition) is 1. The summed E-state index contributed by atoms with van der Waals surface area (Å²) in [5.74, 6) is -1.69. The molecule has 1 aliphatic heterocycles. The quantitative estimate of drug-likeness (QED) is 0.736. The van der Waals surface area contributed by atoms with Crippen LogP contribution in [0.5, 0.6) is 0 Å². The molecule has 0 spiro atoms. The molecule has 6 nitrogen and oxygen atoms in total. The van der Waals surface area contributed by atoms with Gasteiger partial charge >= 0.3 is 5.97 Å². The third-order valence-electron chi connectivity index (χ3n) is 4.18. The number of sulfone groups is 1. The summed E-state index contributed by atoms with van der Waals surface area (Å²) in [7, 11) is -3.17. The molecule has 1 unspecified atom stereocenters. The average Bonchev–Trinajstić information content (AvgIpc) is 3.19. The van der Waals surface area contributed by atoms with Crippen LogP contribution in [0.4, 0.5) is 5.69 Å². The second-order valence-electron chi connectivity index (χ2n) is 6.17. The number of hydrogen-bond acceptors (Lipinski definition) is 6. The Bertz CT molecular complexity index is 966. The summed E-state index contributed by atoms with van der Waals surface area (Å²) in [6.45, 7) is 1.91. The molecule has 1 saturated heterocycles. The molecule has 144 valence electrons. The Hall–Kier alpha value is -1.90. The first-order chi connectivity index (χ1) is 12.8. The molecule has 1 aromatic heterocycles. The van der Waals surface area contributed by atoms with Crippen LogP contribution in [0.1, 0.15) is 23.0 Å². The maximum Gasteiger partial charge on any atom is 0.350 e. The number of esters is 1. The van der Waals surface area contributed by atoms with E-state index >= 15 is 0 Å². The Balaban J connectivity index is 1.89. The topological polar surface area (TPSA) is 89.5 Å². The van der Waals surface area contributed by atoms with Crippen LogP contribution in [0.15, 0.2) is 30.3 Å². The zero-order valence-corrected chi connectivity index (χ0v) is 16.9. The number of carbonyl (C=O) groups excluding carboxylic acids is 2. The first-order valence-electron chi connectivity index (χ1n) is 8.37. The number of amides is 1. The lowest BCUT2D eigenvalue weighted by atomic mass is 10.1. The van der Waals surface area contributed by atoms with Crippen molar-refractivity contribution in [1.29, 1.82) is 0 Å². The molecule has 1 amide bonds. The highest BCUT2D eigenvalue weighted by Crippen LogP contribution is 2.36. The largest absolute Gasteiger partial charge is 0.462 e. The molecule has 1 atom stereocenters. The summed E-state index contributed by atoms with van der Waals surface area (Å²) in [5, 5.41) is 3.31. The van der Waals surface area contributed by atoms with E-state index in [9.17, 15) is 18.0 Å². The van der Waals surface area contributed by atoms with Gasteiger partial charge in [-0.25, -0.2) is 13.2 Å². The van der Waals surface area contributed by atoms with Crippen molar-refractivity contribution in [1.82, 2.24) is 0 Å². The van der Waals surface area contributed by atoms with E-state index in [0.717, 1.165) is 10.4 Å². The van der Waals surface area contributed by atoms with E-state index in [0.29, 0.717) is 10.7 Å². The van der Waals surface area contributed by atoms with Gasteiger partial charge in [-0.2, -0.15) is 0 Å². The molecule has 9 heteroatoms. The molecule has 0 aliphatic carbocycles. The molecule has 1 aromatic carbocycles. The number of nitrogens with one attached hydrogen (secondary N) is 1. The number of ether oxygens (including phenoxy) is 1. The van der Waals surface area contributed by atoms with Gasteiger partial charge in [0.15, 0.2) is 9.84 Å². The summed E-state index contributed by atoms with van der Waals surface area (Å²) in [6, 6.07) is 8.81. The van der Waals surface area contributed by atoms with Gasteiger partial charge in [-0.3, -0.25) is 4.79 Å². The van der Waals surface area contributed by atoms with Gasteiger partial charge in [0, 0.05) is 9.90 Å². The van der Waals surface area contributed by atoms with Gasteiger partial charge in [0.05, 0.1) is 29.7 Å². The maximum atomic E-state index is 12.5. The van der Waals surface area contributed by atoms with Crippen LogP contribution in [0, 0.1) is 5.92 Å². The van der Waals surface area contributed by atoms with Gasteiger partial charge in [0.1, 0.15) is 4.88 Å². The van der Waals surface area contributed by atoms with Crippen LogP contribution in [-0.4, -0.2) is 38.4 Å². The van der Waals surface area contributed by atoms with Gasteiger partial charge < -0.3 is 10.1 Å². The van der Waals surface area contributed by atoms with Gasteiger partial charge in [0.25, 0.3) is 0 Å². The summed E-state index contributed by atoms with van der Waals surface area (Å²) in [5.41, 5.74) is 1.18. The summed E-state index contributed by atoms with van der Waals surface area (Å²) in [4.78, 5) is 25.8. The molecular weight excluding hydrogens is 410 g/mol. The van der Waals surface area contributed by atoms with Gasteiger partial charge in [-0.05, 0) is 37.1 Å². The lowest BCUT2D eigenvalue weighted by Crippen LogP contribution is -2.24. The molecular formula is C18H18ClNO5S2. The lowest BCUT2D eigenvalue weighted by Gasteiger charge is -2.09. The van der Waals surface area contributed by atoms with E-state index in [1.807, 2.05) is 12.1 Å². The van der Waals surface area contributed by atoms with Crippen LogP contribution in [0.25, 0.3) is 10.4 Å². The van der Waals surface area contributed by atoms with Gasteiger partial charge in [-0.15, -0.1) is 11.3 Å². The molecule has 0 saturated carbocycles. The predicted octanol–water partition coefficient (Wildman–Crippen LogP) is 3.62. The Morgan fingerprint density at radius 3 is 2.59 bits per heavy atom. The smallest absolute Gasteiger partial charge is 0.350 e. The highest BCUT2D eigenvalue weighted by molar-refractivity contribution is 7.91. The Kier molecular flexibility index (Phi) is 5.88. The molecule has 1 fully saturated rings. The van der Waals surface area contributed by atoms with Crippen LogP contribution in [0.3, 0.4) is 0 Å². The van der Waals surface area contributed by atoms with Crippen LogP contribution in [-0.2, 0) is 19.4 Å². The van der Waals surface area contributed by atoms with Gasteiger partial charge in [-0.1, -0.05) is 23.7 Å².